The molecule has 27 heavy (non-hydrogen) atoms. The maximum absolute atomic E-state index is 12.7. The van der Waals surface area contributed by atoms with Crippen LogP contribution < -0.4 is 0 Å². The highest BCUT2D eigenvalue weighted by Gasteiger charge is 2.49. The number of amides is 1. The van der Waals surface area contributed by atoms with Crippen molar-refractivity contribution in [2.75, 3.05) is 19.7 Å². The normalized spacial score (nSPS) is 26.4. The number of carbonyl (C=O) groups is 1. The summed E-state index contributed by atoms with van der Waals surface area (Å²) in [7, 11) is 0. The zero-order valence-corrected chi connectivity index (χ0v) is 15.4. The quantitative estimate of drug-likeness (QED) is 0.871. The number of hydrogen-bond acceptors (Lipinski definition) is 3. The van der Waals surface area contributed by atoms with E-state index in [0.717, 1.165) is 32.2 Å². The van der Waals surface area contributed by atoms with Crippen LogP contribution in [0.3, 0.4) is 0 Å². The number of benzene rings is 2. The molecule has 140 valence electrons. The SMILES string of the molecule is O=C(OCC1c2ccccc2-c2ccccc21)N1CCCC2(CCC2O)C1. The Morgan fingerprint density at radius 3 is 2.33 bits per heavy atom. The molecule has 1 spiro atoms. The molecule has 1 heterocycles. The predicted molar refractivity (Wildman–Crippen MR) is 104 cm³/mol. The van der Waals surface area contributed by atoms with Crippen LogP contribution in [0.5, 0.6) is 0 Å². The summed E-state index contributed by atoms with van der Waals surface area (Å²) in [4.78, 5) is 14.5. The molecule has 5 rings (SSSR count). The van der Waals surface area contributed by atoms with Gasteiger partial charge in [0.15, 0.2) is 0 Å². The summed E-state index contributed by atoms with van der Waals surface area (Å²) in [5.41, 5.74) is 4.86. The lowest BCUT2D eigenvalue weighted by Crippen LogP contribution is -2.56. The van der Waals surface area contributed by atoms with E-state index in [-0.39, 0.29) is 23.5 Å². The largest absolute Gasteiger partial charge is 0.448 e. The van der Waals surface area contributed by atoms with Crippen molar-refractivity contribution in [2.24, 2.45) is 5.41 Å². The number of aliphatic hydroxyl groups excluding tert-OH is 1. The zero-order valence-electron chi connectivity index (χ0n) is 15.4. The molecule has 2 aromatic rings. The van der Waals surface area contributed by atoms with Gasteiger partial charge in [0.25, 0.3) is 0 Å². The molecular formula is C23H25NO3. The van der Waals surface area contributed by atoms with Crippen LogP contribution >= 0.6 is 0 Å². The van der Waals surface area contributed by atoms with Gasteiger partial charge in [-0.2, -0.15) is 0 Å². The number of aliphatic hydroxyl groups is 1. The van der Waals surface area contributed by atoms with Gasteiger partial charge in [-0.15, -0.1) is 0 Å². The molecule has 1 saturated heterocycles. The molecule has 2 unspecified atom stereocenters. The first kappa shape index (κ1) is 16.8. The number of piperidine rings is 1. The molecule has 2 atom stereocenters. The highest BCUT2D eigenvalue weighted by Crippen LogP contribution is 2.48. The molecule has 2 aliphatic carbocycles. The second-order valence-electron chi connectivity index (χ2n) is 8.25. The highest BCUT2D eigenvalue weighted by molar-refractivity contribution is 5.79. The molecular weight excluding hydrogens is 338 g/mol. The number of nitrogens with zero attached hydrogens (tertiary/aromatic N) is 1. The Hall–Kier alpha value is -2.33. The average molecular weight is 363 g/mol. The Labute approximate surface area is 159 Å². The number of likely N-dealkylation sites (tertiary alicyclic amines) is 1. The van der Waals surface area contributed by atoms with Gasteiger partial charge in [0.2, 0.25) is 0 Å². The molecule has 4 heteroatoms. The van der Waals surface area contributed by atoms with Crippen LogP contribution in [0, 0.1) is 5.41 Å². The topological polar surface area (TPSA) is 49.8 Å². The minimum Gasteiger partial charge on any atom is -0.448 e. The van der Waals surface area contributed by atoms with Crippen LogP contribution in [0.1, 0.15) is 42.7 Å². The minimum atomic E-state index is -0.262. The van der Waals surface area contributed by atoms with Gasteiger partial charge in [-0.1, -0.05) is 48.5 Å². The molecule has 1 N–H and O–H groups in total. The first-order chi connectivity index (χ1) is 13.2. The highest BCUT2D eigenvalue weighted by atomic mass is 16.6. The van der Waals surface area contributed by atoms with Crippen LogP contribution in [0.2, 0.25) is 0 Å². The summed E-state index contributed by atoms with van der Waals surface area (Å²) in [6.45, 7) is 1.72. The van der Waals surface area contributed by atoms with Crippen molar-refractivity contribution >= 4 is 6.09 Å². The van der Waals surface area contributed by atoms with Gasteiger partial charge < -0.3 is 14.7 Å². The summed E-state index contributed by atoms with van der Waals surface area (Å²) < 4.78 is 5.78. The Bertz CT molecular complexity index is 834. The van der Waals surface area contributed by atoms with Gasteiger partial charge in [-0.05, 0) is 47.9 Å². The molecule has 0 bridgehead atoms. The first-order valence-corrected chi connectivity index (χ1v) is 9.96. The summed E-state index contributed by atoms with van der Waals surface area (Å²) in [6.07, 6.45) is 3.33. The van der Waals surface area contributed by atoms with Crippen molar-refractivity contribution < 1.29 is 14.6 Å². The lowest BCUT2D eigenvalue weighted by molar-refractivity contribution is -0.101. The fraction of sp³-hybridized carbons (Fsp3) is 0.435. The first-order valence-electron chi connectivity index (χ1n) is 9.96. The zero-order chi connectivity index (χ0) is 18.4. The van der Waals surface area contributed by atoms with E-state index in [1.165, 1.54) is 22.3 Å². The fourth-order valence-electron chi connectivity index (χ4n) is 5.16. The van der Waals surface area contributed by atoms with Gasteiger partial charge in [0.05, 0.1) is 6.10 Å². The summed E-state index contributed by atoms with van der Waals surface area (Å²) >= 11 is 0. The van der Waals surface area contributed by atoms with Gasteiger partial charge in [-0.3, -0.25) is 0 Å². The molecule has 0 aromatic heterocycles. The Balaban J connectivity index is 1.31. The summed E-state index contributed by atoms with van der Waals surface area (Å²) in [5, 5.41) is 10.2. The van der Waals surface area contributed by atoms with Crippen LogP contribution in [0.15, 0.2) is 48.5 Å². The van der Waals surface area contributed by atoms with E-state index in [0.29, 0.717) is 13.2 Å². The van der Waals surface area contributed by atoms with E-state index in [9.17, 15) is 9.90 Å². The van der Waals surface area contributed by atoms with Gasteiger partial charge in [-0.25, -0.2) is 4.79 Å². The standard InChI is InChI=1S/C23H25NO3/c25-21-10-12-23(21)11-5-13-24(15-23)22(26)27-14-20-18-8-3-1-6-16(18)17-7-2-4-9-19(17)20/h1-4,6-9,20-21,25H,5,10-15H2. The maximum atomic E-state index is 12.7. The molecule has 2 aromatic carbocycles. The number of rotatable bonds is 2. The molecule has 1 saturated carbocycles. The smallest absolute Gasteiger partial charge is 0.409 e. The van der Waals surface area contributed by atoms with E-state index < -0.39 is 0 Å². The van der Waals surface area contributed by atoms with Crippen molar-refractivity contribution in [3.05, 3.63) is 59.7 Å². The van der Waals surface area contributed by atoms with E-state index in [1.54, 1.807) is 4.90 Å². The van der Waals surface area contributed by atoms with Crippen molar-refractivity contribution in [3.8, 4) is 11.1 Å². The molecule has 4 nitrogen and oxygen atoms in total. The van der Waals surface area contributed by atoms with Crippen molar-refractivity contribution in [1.29, 1.82) is 0 Å². The van der Waals surface area contributed by atoms with Crippen molar-refractivity contribution in [3.63, 3.8) is 0 Å². The Morgan fingerprint density at radius 2 is 1.74 bits per heavy atom. The van der Waals surface area contributed by atoms with Gasteiger partial charge >= 0.3 is 6.09 Å². The average Bonchev–Trinajstić information content (AvgIpc) is 3.05. The fourth-order valence-corrected chi connectivity index (χ4v) is 5.16. The Kier molecular flexibility index (Phi) is 3.97. The monoisotopic (exact) mass is 363 g/mol. The Morgan fingerprint density at radius 1 is 1.07 bits per heavy atom. The third kappa shape index (κ3) is 2.66. The maximum Gasteiger partial charge on any atom is 0.409 e. The second-order valence-corrected chi connectivity index (χ2v) is 8.25. The molecule has 2 fully saturated rings. The minimum absolute atomic E-state index is 0.0795. The van der Waals surface area contributed by atoms with Crippen molar-refractivity contribution in [1.82, 2.24) is 4.90 Å². The van der Waals surface area contributed by atoms with Gasteiger partial charge in [0, 0.05) is 24.4 Å². The van der Waals surface area contributed by atoms with E-state index in [4.69, 9.17) is 4.74 Å². The third-order valence-corrected chi connectivity index (χ3v) is 6.83. The number of hydrogen-bond donors (Lipinski definition) is 1. The van der Waals surface area contributed by atoms with Gasteiger partial charge in [0.1, 0.15) is 6.61 Å². The number of fused-ring (bicyclic) bond motifs is 3. The van der Waals surface area contributed by atoms with Crippen LogP contribution in [-0.4, -0.2) is 41.9 Å². The number of carbonyl (C=O) groups excluding carboxylic acids is 1. The van der Waals surface area contributed by atoms with E-state index in [1.807, 2.05) is 12.1 Å². The van der Waals surface area contributed by atoms with E-state index >= 15 is 0 Å². The van der Waals surface area contributed by atoms with Crippen LogP contribution in [-0.2, 0) is 4.74 Å². The molecule has 3 aliphatic rings. The molecule has 1 amide bonds. The third-order valence-electron chi connectivity index (χ3n) is 6.83. The number of ether oxygens (including phenoxy) is 1. The van der Waals surface area contributed by atoms with Crippen LogP contribution in [0.4, 0.5) is 4.79 Å². The lowest BCUT2D eigenvalue weighted by Gasteiger charge is -2.51. The summed E-state index contributed by atoms with van der Waals surface area (Å²) in [5.74, 6) is 0.0920. The molecule has 0 radical (unpaired) electrons. The second kappa shape index (κ2) is 6.38. The van der Waals surface area contributed by atoms with Crippen LogP contribution in [0.25, 0.3) is 11.1 Å². The lowest BCUT2D eigenvalue weighted by atomic mass is 9.62. The van der Waals surface area contributed by atoms with Crippen molar-refractivity contribution in [2.45, 2.75) is 37.7 Å². The summed E-state index contributed by atoms with van der Waals surface area (Å²) in [6, 6.07) is 16.8. The van der Waals surface area contributed by atoms with E-state index in [2.05, 4.69) is 36.4 Å². The predicted octanol–water partition coefficient (Wildman–Crippen LogP) is 4.17. The molecule has 1 aliphatic heterocycles.